The molecule has 7 heteroatoms. The second kappa shape index (κ2) is 7.26. The van der Waals surface area contributed by atoms with Gasteiger partial charge in [0.2, 0.25) is 0 Å². The molecule has 1 aliphatic carbocycles. The molecule has 27 heavy (non-hydrogen) atoms. The Morgan fingerprint density at radius 1 is 1.07 bits per heavy atom. The van der Waals surface area contributed by atoms with E-state index in [1.807, 2.05) is 24.3 Å². The third-order valence-corrected chi connectivity index (χ3v) is 5.08. The molecule has 0 aliphatic heterocycles. The Morgan fingerprint density at radius 2 is 1.93 bits per heavy atom. The van der Waals surface area contributed by atoms with Gasteiger partial charge in [-0.25, -0.2) is 4.39 Å². The molecule has 0 bridgehead atoms. The highest BCUT2D eigenvalue weighted by Gasteiger charge is 2.41. The molecule has 3 heterocycles. The Labute approximate surface area is 156 Å². The predicted molar refractivity (Wildman–Crippen MR) is 100 cm³/mol. The first-order valence-electron chi connectivity index (χ1n) is 8.89. The lowest BCUT2D eigenvalue weighted by Crippen LogP contribution is -2.42. The fourth-order valence-electron chi connectivity index (χ4n) is 3.35. The van der Waals surface area contributed by atoms with Gasteiger partial charge in [0.1, 0.15) is 23.1 Å². The van der Waals surface area contributed by atoms with Crippen molar-refractivity contribution >= 4 is 5.82 Å². The fourth-order valence-corrected chi connectivity index (χ4v) is 3.35. The van der Waals surface area contributed by atoms with Crippen molar-refractivity contribution in [3.8, 4) is 17.1 Å². The van der Waals surface area contributed by atoms with Gasteiger partial charge in [0.25, 0.3) is 0 Å². The van der Waals surface area contributed by atoms with Crippen LogP contribution in [0, 0.1) is 5.82 Å². The molecular formula is C20H20FN5O. The summed E-state index contributed by atoms with van der Waals surface area (Å²) in [6.45, 7) is 0.579. The van der Waals surface area contributed by atoms with Gasteiger partial charge in [0.15, 0.2) is 0 Å². The van der Waals surface area contributed by atoms with Gasteiger partial charge in [-0.1, -0.05) is 6.42 Å². The largest absolute Gasteiger partial charge is 0.495 e. The lowest BCUT2D eigenvalue weighted by atomic mass is 9.66. The van der Waals surface area contributed by atoms with Gasteiger partial charge in [-0.15, -0.1) is 10.2 Å². The van der Waals surface area contributed by atoms with Crippen LogP contribution in [0.3, 0.4) is 0 Å². The number of nitrogens with zero attached hydrogens (tertiary/aromatic N) is 4. The van der Waals surface area contributed by atoms with Crippen molar-refractivity contribution in [1.82, 2.24) is 20.2 Å². The smallest absolute Gasteiger partial charge is 0.148 e. The molecule has 0 spiro atoms. The van der Waals surface area contributed by atoms with Crippen LogP contribution in [0.1, 0.15) is 25.0 Å². The summed E-state index contributed by atoms with van der Waals surface area (Å²) in [4.78, 5) is 8.59. The van der Waals surface area contributed by atoms with Crippen molar-refractivity contribution in [3.63, 3.8) is 0 Å². The first-order chi connectivity index (χ1) is 13.2. The first-order valence-corrected chi connectivity index (χ1v) is 8.89. The minimum atomic E-state index is -0.275. The molecule has 3 aromatic heterocycles. The molecule has 1 N–H and O–H groups in total. The van der Waals surface area contributed by atoms with E-state index in [9.17, 15) is 4.39 Å². The van der Waals surface area contributed by atoms with Crippen molar-refractivity contribution in [1.29, 1.82) is 0 Å². The van der Waals surface area contributed by atoms with E-state index in [1.165, 1.54) is 6.07 Å². The summed E-state index contributed by atoms with van der Waals surface area (Å²) in [6.07, 6.45) is 6.19. The predicted octanol–water partition coefficient (Wildman–Crippen LogP) is 3.62. The van der Waals surface area contributed by atoms with E-state index in [4.69, 9.17) is 4.74 Å². The number of anilines is 1. The number of nitrogens with one attached hydrogen (secondary N) is 1. The van der Waals surface area contributed by atoms with Gasteiger partial charge in [-0.05, 0) is 49.2 Å². The zero-order valence-corrected chi connectivity index (χ0v) is 15.0. The van der Waals surface area contributed by atoms with Crippen LogP contribution in [0.15, 0.2) is 48.8 Å². The average Bonchev–Trinajstić information content (AvgIpc) is 2.69. The Bertz CT molecular complexity index is 910. The molecule has 1 saturated carbocycles. The lowest BCUT2D eigenvalue weighted by molar-refractivity contribution is 0.243. The quantitative estimate of drug-likeness (QED) is 0.719. The van der Waals surface area contributed by atoms with Crippen LogP contribution in [0.4, 0.5) is 10.2 Å². The highest BCUT2D eigenvalue weighted by Crippen LogP contribution is 2.43. The van der Waals surface area contributed by atoms with Crippen molar-refractivity contribution in [2.75, 3.05) is 19.0 Å². The second-order valence-electron chi connectivity index (χ2n) is 6.71. The van der Waals surface area contributed by atoms with Gasteiger partial charge in [-0.2, -0.15) is 0 Å². The van der Waals surface area contributed by atoms with E-state index in [-0.39, 0.29) is 11.2 Å². The van der Waals surface area contributed by atoms with Gasteiger partial charge >= 0.3 is 0 Å². The van der Waals surface area contributed by atoms with Crippen LogP contribution in [0.25, 0.3) is 11.4 Å². The number of ether oxygens (including phenoxy) is 1. The van der Waals surface area contributed by atoms with Gasteiger partial charge in [-0.3, -0.25) is 9.97 Å². The Kier molecular flexibility index (Phi) is 4.66. The molecule has 1 fully saturated rings. The second-order valence-corrected chi connectivity index (χ2v) is 6.71. The zero-order chi connectivity index (χ0) is 18.7. The number of aromatic nitrogens is 4. The highest BCUT2D eigenvalue weighted by molar-refractivity contribution is 5.55. The van der Waals surface area contributed by atoms with Crippen molar-refractivity contribution in [2.45, 2.75) is 24.7 Å². The Morgan fingerprint density at radius 3 is 2.52 bits per heavy atom. The number of pyridine rings is 2. The molecule has 138 valence electrons. The van der Waals surface area contributed by atoms with E-state index in [0.29, 0.717) is 29.5 Å². The van der Waals surface area contributed by atoms with E-state index < -0.39 is 0 Å². The first kappa shape index (κ1) is 17.3. The van der Waals surface area contributed by atoms with Crippen LogP contribution in [0.2, 0.25) is 0 Å². The Hall–Kier alpha value is -3.09. The van der Waals surface area contributed by atoms with Gasteiger partial charge in [0.05, 0.1) is 24.7 Å². The molecule has 4 rings (SSSR count). The van der Waals surface area contributed by atoms with E-state index in [2.05, 4.69) is 25.5 Å². The molecule has 0 atom stereocenters. The number of hydrogen-bond donors (Lipinski definition) is 1. The fraction of sp³-hybridized carbons (Fsp3) is 0.300. The van der Waals surface area contributed by atoms with Gasteiger partial charge < -0.3 is 10.1 Å². The summed E-state index contributed by atoms with van der Waals surface area (Å²) in [7, 11) is 1.60. The lowest BCUT2D eigenvalue weighted by Gasteiger charge is -2.41. The summed E-state index contributed by atoms with van der Waals surface area (Å²) >= 11 is 0. The molecule has 3 aromatic rings. The maximum atomic E-state index is 14.2. The normalized spacial score (nSPS) is 15.0. The zero-order valence-electron chi connectivity index (χ0n) is 15.0. The summed E-state index contributed by atoms with van der Waals surface area (Å²) < 4.78 is 19.3. The van der Waals surface area contributed by atoms with Crippen LogP contribution in [0.5, 0.6) is 5.75 Å². The van der Waals surface area contributed by atoms with Gasteiger partial charge in [0, 0.05) is 18.2 Å². The minimum absolute atomic E-state index is 0.244. The third-order valence-electron chi connectivity index (χ3n) is 5.08. The van der Waals surface area contributed by atoms with Crippen LogP contribution in [-0.2, 0) is 5.41 Å². The number of rotatable bonds is 6. The Balaban J connectivity index is 1.46. The molecule has 0 unspecified atom stereocenters. The maximum absolute atomic E-state index is 14.2. The average molecular weight is 365 g/mol. The van der Waals surface area contributed by atoms with E-state index >= 15 is 0 Å². The number of halogens is 1. The molecule has 0 saturated heterocycles. The van der Waals surface area contributed by atoms with E-state index in [1.54, 1.807) is 25.6 Å². The summed E-state index contributed by atoms with van der Waals surface area (Å²) in [5.41, 5.74) is 1.66. The summed E-state index contributed by atoms with van der Waals surface area (Å²) in [5.74, 6) is 1.10. The number of hydrogen-bond acceptors (Lipinski definition) is 6. The molecule has 6 nitrogen and oxygen atoms in total. The molecule has 0 amide bonds. The molecule has 1 aliphatic rings. The molecular weight excluding hydrogens is 345 g/mol. The molecule has 0 radical (unpaired) electrons. The van der Waals surface area contributed by atoms with Crippen LogP contribution < -0.4 is 10.1 Å². The topological polar surface area (TPSA) is 72.8 Å². The van der Waals surface area contributed by atoms with Crippen LogP contribution in [-0.4, -0.2) is 33.8 Å². The maximum Gasteiger partial charge on any atom is 0.148 e. The summed E-state index contributed by atoms with van der Waals surface area (Å²) in [5, 5.41) is 11.8. The number of methoxy groups -OCH3 is 1. The minimum Gasteiger partial charge on any atom is -0.495 e. The SMILES string of the molecule is COc1ccc(-c2ccc(NCC3(c4ncccc4F)CCC3)nn2)nc1. The highest BCUT2D eigenvalue weighted by atomic mass is 19.1. The van der Waals surface area contributed by atoms with E-state index in [0.717, 1.165) is 25.0 Å². The van der Waals surface area contributed by atoms with Crippen molar-refractivity contribution < 1.29 is 9.13 Å². The monoisotopic (exact) mass is 365 g/mol. The van der Waals surface area contributed by atoms with Crippen molar-refractivity contribution in [2.24, 2.45) is 0 Å². The van der Waals surface area contributed by atoms with Crippen molar-refractivity contribution in [3.05, 3.63) is 60.3 Å². The summed E-state index contributed by atoms with van der Waals surface area (Å²) in [6, 6.07) is 10.5. The van der Waals surface area contributed by atoms with Crippen LogP contribution >= 0.6 is 0 Å². The standard InChI is InChI=1S/C20H20FN5O/c1-27-14-5-6-16(23-12-14)17-7-8-18(26-25-17)24-13-20(9-3-10-20)19-15(21)4-2-11-22-19/h2,4-8,11-12H,3,9-10,13H2,1H3,(H,24,26). The third kappa shape index (κ3) is 3.45. The molecule has 0 aromatic carbocycles.